The number of aliphatic hydroxyl groups is 1. The van der Waals surface area contributed by atoms with Crippen LogP contribution in [0, 0.1) is 0 Å². The summed E-state index contributed by atoms with van der Waals surface area (Å²) in [5, 5.41) is 9.36. The molecule has 1 aliphatic rings. The largest absolute Gasteiger partial charge is 0.390 e. The third-order valence-corrected chi connectivity index (χ3v) is 3.06. The third kappa shape index (κ3) is 4.53. The van der Waals surface area contributed by atoms with E-state index in [0.717, 1.165) is 0 Å². The average molecular weight is 178 g/mol. The van der Waals surface area contributed by atoms with Gasteiger partial charge in [-0.2, -0.15) is 0 Å². The summed E-state index contributed by atoms with van der Waals surface area (Å²) in [6, 6.07) is 0. The first-order chi connectivity index (χ1) is 5.10. The van der Waals surface area contributed by atoms with Crippen LogP contribution in [-0.2, 0) is 10.8 Å². The lowest BCUT2D eigenvalue weighted by Crippen LogP contribution is -2.33. The van der Waals surface area contributed by atoms with Crippen LogP contribution in [0.4, 0.5) is 0 Å². The molecule has 0 saturated carbocycles. The molecule has 1 fully saturated rings. The van der Waals surface area contributed by atoms with Crippen LogP contribution in [0.15, 0.2) is 0 Å². The molecule has 0 aliphatic carbocycles. The summed E-state index contributed by atoms with van der Waals surface area (Å²) in [4.78, 5) is 0. The van der Waals surface area contributed by atoms with Crippen LogP contribution in [0.25, 0.3) is 0 Å². The first-order valence-corrected chi connectivity index (χ1v) is 5.66. The molecular weight excluding hydrogens is 160 g/mol. The molecule has 1 rings (SSSR count). The van der Waals surface area contributed by atoms with Gasteiger partial charge in [-0.1, -0.05) is 13.8 Å². The van der Waals surface area contributed by atoms with E-state index in [9.17, 15) is 9.32 Å². The molecule has 1 saturated heterocycles. The van der Waals surface area contributed by atoms with Crippen molar-refractivity contribution in [2.45, 2.75) is 39.2 Å². The monoisotopic (exact) mass is 178 g/mol. The van der Waals surface area contributed by atoms with Crippen molar-refractivity contribution in [2.24, 2.45) is 0 Å². The van der Waals surface area contributed by atoms with Crippen molar-refractivity contribution in [3.05, 3.63) is 0 Å². The zero-order valence-electron chi connectivity index (χ0n) is 7.59. The van der Waals surface area contributed by atoms with E-state index in [4.69, 9.17) is 0 Å². The lowest BCUT2D eigenvalue weighted by atomic mass is 10.0. The highest BCUT2D eigenvalue weighted by Gasteiger charge is 2.26. The molecule has 68 valence electrons. The van der Waals surface area contributed by atoms with Gasteiger partial charge in [0.15, 0.2) is 0 Å². The van der Waals surface area contributed by atoms with Crippen molar-refractivity contribution in [1.82, 2.24) is 0 Å². The highest BCUT2D eigenvalue weighted by molar-refractivity contribution is 7.85. The molecule has 1 aliphatic heterocycles. The second kappa shape index (κ2) is 4.88. The van der Waals surface area contributed by atoms with Gasteiger partial charge in [0.25, 0.3) is 0 Å². The Labute approximate surface area is 71.5 Å². The van der Waals surface area contributed by atoms with Crippen molar-refractivity contribution < 1.29 is 9.32 Å². The van der Waals surface area contributed by atoms with Crippen LogP contribution >= 0.6 is 0 Å². The predicted molar refractivity (Wildman–Crippen MR) is 49.1 cm³/mol. The molecular formula is C8H18O2S. The molecule has 0 bridgehead atoms. The summed E-state index contributed by atoms with van der Waals surface area (Å²) in [5.74, 6) is 1.35. The highest BCUT2D eigenvalue weighted by atomic mass is 32.2. The van der Waals surface area contributed by atoms with Gasteiger partial charge >= 0.3 is 0 Å². The highest BCUT2D eigenvalue weighted by Crippen LogP contribution is 2.20. The molecule has 2 nitrogen and oxygen atoms in total. The van der Waals surface area contributed by atoms with Gasteiger partial charge in [0.1, 0.15) is 0 Å². The molecule has 0 spiro atoms. The summed E-state index contributed by atoms with van der Waals surface area (Å²) in [6.45, 7) is 5.81. The Balaban J connectivity index is 0.000000461. The van der Waals surface area contributed by atoms with E-state index < -0.39 is 16.4 Å². The van der Waals surface area contributed by atoms with E-state index in [2.05, 4.69) is 0 Å². The Morgan fingerprint density at radius 1 is 1.27 bits per heavy atom. The molecule has 1 heterocycles. The van der Waals surface area contributed by atoms with E-state index in [0.29, 0.717) is 24.3 Å². The summed E-state index contributed by atoms with van der Waals surface area (Å²) < 4.78 is 10.8. The molecule has 0 aromatic rings. The molecule has 0 unspecified atom stereocenters. The Kier molecular flexibility index (Phi) is 4.93. The fourth-order valence-electron chi connectivity index (χ4n) is 0.894. The van der Waals surface area contributed by atoms with E-state index >= 15 is 0 Å². The standard InChI is InChI=1S/C6H12O2S.C2H6/c1-6(7)2-4-9(8)5-3-6;1-2/h7H,2-5H2,1H3;1-2H3. The van der Waals surface area contributed by atoms with Crippen molar-refractivity contribution in [1.29, 1.82) is 0 Å². The van der Waals surface area contributed by atoms with Gasteiger partial charge in [0.05, 0.1) is 5.60 Å². The SMILES string of the molecule is CC.CC1(O)CCS(=O)CC1. The molecule has 0 aromatic heterocycles. The van der Waals surface area contributed by atoms with Crippen molar-refractivity contribution in [2.75, 3.05) is 11.5 Å². The van der Waals surface area contributed by atoms with Crippen molar-refractivity contribution >= 4 is 10.8 Å². The molecule has 0 radical (unpaired) electrons. The smallest absolute Gasteiger partial charge is 0.0637 e. The second-order valence-electron chi connectivity index (χ2n) is 2.85. The van der Waals surface area contributed by atoms with Crippen LogP contribution in [0.2, 0.25) is 0 Å². The second-order valence-corrected chi connectivity index (χ2v) is 4.54. The van der Waals surface area contributed by atoms with Crippen LogP contribution < -0.4 is 0 Å². The Hall–Kier alpha value is 0.110. The Morgan fingerprint density at radius 2 is 1.64 bits per heavy atom. The zero-order valence-corrected chi connectivity index (χ0v) is 8.41. The average Bonchev–Trinajstić information content (AvgIpc) is 2.00. The van der Waals surface area contributed by atoms with Gasteiger partial charge in [-0.05, 0) is 19.8 Å². The third-order valence-electron chi connectivity index (χ3n) is 1.74. The van der Waals surface area contributed by atoms with Gasteiger partial charge in [-0.25, -0.2) is 0 Å². The fourth-order valence-corrected chi connectivity index (χ4v) is 2.43. The van der Waals surface area contributed by atoms with Crippen LogP contribution in [-0.4, -0.2) is 26.4 Å². The Bertz CT molecular complexity index is 120. The van der Waals surface area contributed by atoms with Crippen LogP contribution in [0.5, 0.6) is 0 Å². The quantitative estimate of drug-likeness (QED) is 0.607. The van der Waals surface area contributed by atoms with Crippen LogP contribution in [0.1, 0.15) is 33.6 Å². The summed E-state index contributed by atoms with van der Waals surface area (Å²) >= 11 is 0. The van der Waals surface area contributed by atoms with E-state index in [1.807, 2.05) is 20.8 Å². The maximum absolute atomic E-state index is 10.8. The van der Waals surface area contributed by atoms with E-state index in [1.165, 1.54) is 0 Å². The minimum atomic E-state index is -0.647. The maximum atomic E-state index is 10.8. The topological polar surface area (TPSA) is 37.3 Å². The molecule has 0 amide bonds. The first kappa shape index (κ1) is 11.1. The minimum Gasteiger partial charge on any atom is -0.390 e. The minimum absolute atomic E-state index is 0.534. The zero-order chi connectivity index (χ0) is 8.91. The van der Waals surface area contributed by atoms with Gasteiger partial charge in [-0.3, -0.25) is 4.21 Å². The maximum Gasteiger partial charge on any atom is 0.0637 e. The van der Waals surface area contributed by atoms with Gasteiger partial charge < -0.3 is 5.11 Å². The normalized spacial score (nSPS) is 37.3. The summed E-state index contributed by atoms with van der Waals surface area (Å²) in [5.41, 5.74) is -0.534. The molecule has 11 heavy (non-hydrogen) atoms. The first-order valence-electron chi connectivity index (χ1n) is 4.17. The molecule has 3 heteroatoms. The van der Waals surface area contributed by atoms with Crippen molar-refractivity contribution in [3.63, 3.8) is 0 Å². The molecule has 1 N–H and O–H groups in total. The van der Waals surface area contributed by atoms with Crippen molar-refractivity contribution in [3.8, 4) is 0 Å². The van der Waals surface area contributed by atoms with E-state index in [-0.39, 0.29) is 0 Å². The predicted octanol–water partition coefficient (Wildman–Crippen LogP) is 1.31. The summed E-state index contributed by atoms with van der Waals surface area (Å²) in [6.07, 6.45) is 1.39. The van der Waals surface area contributed by atoms with Gasteiger partial charge in [-0.15, -0.1) is 0 Å². The van der Waals surface area contributed by atoms with Gasteiger partial charge in [0, 0.05) is 22.3 Å². The Morgan fingerprint density at radius 3 is 1.91 bits per heavy atom. The lowest BCUT2D eigenvalue weighted by molar-refractivity contribution is 0.0509. The van der Waals surface area contributed by atoms with E-state index in [1.54, 1.807) is 0 Å². The number of rotatable bonds is 0. The number of hydrogen-bond donors (Lipinski definition) is 1. The van der Waals surface area contributed by atoms with Gasteiger partial charge in [0.2, 0.25) is 0 Å². The fraction of sp³-hybridized carbons (Fsp3) is 1.00. The molecule has 0 atom stereocenters. The molecule has 0 aromatic carbocycles. The lowest BCUT2D eigenvalue weighted by Gasteiger charge is -2.26. The summed E-state index contributed by atoms with van der Waals surface area (Å²) in [7, 11) is -0.647. The van der Waals surface area contributed by atoms with Crippen LogP contribution in [0.3, 0.4) is 0 Å². The number of hydrogen-bond acceptors (Lipinski definition) is 2.